The van der Waals surface area contributed by atoms with E-state index in [4.69, 9.17) is 27.9 Å². The Kier molecular flexibility index (Phi) is 3.96. The molecule has 1 heterocycles. The normalized spacial score (nSPS) is 15.9. The van der Waals surface area contributed by atoms with Gasteiger partial charge in [-0.15, -0.1) is 0 Å². The number of benzene rings is 2. The summed E-state index contributed by atoms with van der Waals surface area (Å²) >= 11 is 11.8. The molecular weight excluding hydrogens is 328 g/mol. The zero-order valence-corrected chi connectivity index (χ0v) is 12.5. The van der Waals surface area contributed by atoms with Gasteiger partial charge in [-0.2, -0.15) is 0 Å². The van der Waals surface area contributed by atoms with Gasteiger partial charge >= 0.3 is 5.97 Å². The van der Waals surface area contributed by atoms with Gasteiger partial charge < -0.3 is 4.74 Å². The van der Waals surface area contributed by atoms with Crippen molar-refractivity contribution >= 4 is 41.1 Å². The zero-order valence-electron chi connectivity index (χ0n) is 11.0. The van der Waals surface area contributed by atoms with E-state index in [1.165, 1.54) is 18.2 Å². The number of ether oxygens (including phenoxy) is 1. The van der Waals surface area contributed by atoms with E-state index < -0.39 is 11.8 Å². The van der Waals surface area contributed by atoms with E-state index in [1.54, 1.807) is 30.3 Å². The summed E-state index contributed by atoms with van der Waals surface area (Å²) in [7, 11) is 0. The number of hydrogen-bond acceptors (Lipinski definition) is 3. The minimum atomic E-state index is -0.649. The Morgan fingerprint density at radius 1 is 1.09 bits per heavy atom. The largest absolute Gasteiger partial charge is 0.402 e. The van der Waals surface area contributed by atoms with E-state index in [0.29, 0.717) is 15.6 Å². The molecule has 0 amide bonds. The highest BCUT2D eigenvalue weighted by molar-refractivity contribution is 6.42. The van der Waals surface area contributed by atoms with E-state index in [2.05, 4.69) is 4.99 Å². The fourth-order valence-corrected chi connectivity index (χ4v) is 2.23. The van der Waals surface area contributed by atoms with Crippen molar-refractivity contribution in [3.05, 3.63) is 75.2 Å². The van der Waals surface area contributed by atoms with Gasteiger partial charge in [-0.1, -0.05) is 41.4 Å². The van der Waals surface area contributed by atoms with Crippen LogP contribution in [0.3, 0.4) is 0 Å². The Hall–Kier alpha value is -2.17. The Labute approximate surface area is 135 Å². The number of rotatable bonds is 2. The molecule has 0 fully saturated rings. The third kappa shape index (κ3) is 2.89. The van der Waals surface area contributed by atoms with Gasteiger partial charge in [0.2, 0.25) is 5.90 Å². The molecule has 2 aromatic carbocycles. The standard InChI is InChI=1S/C16H8Cl2FNO2/c17-11-6-5-9(7-12(11)18)8-14-16(21)22-15(20-14)10-3-1-2-4-13(10)19/h1-8H. The lowest BCUT2D eigenvalue weighted by molar-refractivity contribution is -0.129. The molecule has 0 saturated carbocycles. The number of nitrogens with zero attached hydrogens (tertiary/aromatic N) is 1. The summed E-state index contributed by atoms with van der Waals surface area (Å²) in [5.41, 5.74) is 0.838. The summed E-state index contributed by atoms with van der Waals surface area (Å²) in [5.74, 6) is -1.22. The van der Waals surface area contributed by atoms with Crippen molar-refractivity contribution < 1.29 is 13.9 Å². The van der Waals surface area contributed by atoms with Crippen LogP contribution in [0.4, 0.5) is 4.39 Å². The summed E-state index contributed by atoms with van der Waals surface area (Å²) in [6, 6.07) is 10.8. The molecule has 0 N–H and O–H groups in total. The van der Waals surface area contributed by atoms with Crippen molar-refractivity contribution in [1.29, 1.82) is 0 Å². The van der Waals surface area contributed by atoms with Crippen LogP contribution in [0, 0.1) is 5.82 Å². The molecule has 0 aromatic heterocycles. The maximum atomic E-state index is 13.7. The lowest BCUT2D eigenvalue weighted by atomic mass is 10.2. The first-order valence-electron chi connectivity index (χ1n) is 6.27. The van der Waals surface area contributed by atoms with Crippen molar-refractivity contribution in [2.75, 3.05) is 0 Å². The lowest BCUT2D eigenvalue weighted by Crippen LogP contribution is -2.07. The third-order valence-corrected chi connectivity index (χ3v) is 3.71. The molecule has 0 radical (unpaired) electrons. The van der Waals surface area contributed by atoms with Crippen LogP contribution < -0.4 is 0 Å². The SMILES string of the molecule is O=C1OC(c2ccccc2F)=NC1=Cc1ccc(Cl)c(Cl)c1. The second-order valence-electron chi connectivity index (χ2n) is 4.49. The molecule has 3 rings (SSSR count). The van der Waals surface area contributed by atoms with Crippen LogP contribution in [0.2, 0.25) is 10.0 Å². The summed E-state index contributed by atoms with van der Waals surface area (Å²) in [6.07, 6.45) is 1.50. The number of carbonyl (C=O) groups excluding carboxylic acids is 1. The van der Waals surface area contributed by atoms with E-state index in [0.717, 1.165) is 0 Å². The average Bonchev–Trinajstić information content (AvgIpc) is 2.84. The van der Waals surface area contributed by atoms with Crippen LogP contribution in [-0.4, -0.2) is 11.9 Å². The smallest absolute Gasteiger partial charge is 0.363 e. The molecule has 3 nitrogen and oxygen atoms in total. The van der Waals surface area contributed by atoms with E-state index in [-0.39, 0.29) is 17.2 Å². The second-order valence-corrected chi connectivity index (χ2v) is 5.30. The minimum Gasteiger partial charge on any atom is -0.402 e. The van der Waals surface area contributed by atoms with E-state index in [9.17, 15) is 9.18 Å². The van der Waals surface area contributed by atoms with Crippen molar-refractivity contribution in [1.82, 2.24) is 0 Å². The fraction of sp³-hybridized carbons (Fsp3) is 0. The number of cyclic esters (lactones) is 1. The molecule has 6 heteroatoms. The first kappa shape index (κ1) is 14.8. The van der Waals surface area contributed by atoms with Gasteiger partial charge in [0.25, 0.3) is 0 Å². The lowest BCUT2D eigenvalue weighted by Gasteiger charge is -1.99. The highest BCUT2D eigenvalue weighted by Crippen LogP contribution is 2.25. The Morgan fingerprint density at radius 2 is 1.86 bits per heavy atom. The van der Waals surface area contributed by atoms with Crippen molar-refractivity contribution in [3.8, 4) is 0 Å². The zero-order chi connectivity index (χ0) is 15.7. The highest BCUT2D eigenvalue weighted by Gasteiger charge is 2.25. The van der Waals surface area contributed by atoms with E-state index >= 15 is 0 Å². The van der Waals surface area contributed by atoms with Gasteiger partial charge in [-0.05, 0) is 35.9 Å². The molecular formula is C16H8Cl2FNO2. The number of aliphatic imine (C=N–C) groups is 1. The van der Waals surface area contributed by atoms with Crippen molar-refractivity contribution in [3.63, 3.8) is 0 Å². The van der Waals surface area contributed by atoms with Crippen LogP contribution >= 0.6 is 23.2 Å². The Morgan fingerprint density at radius 3 is 2.59 bits per heavy atom. The first-order chi connectivity index (χ1) is 10.5. The highest BCUT2D eigenvalue weighted by atomic mass is 35.5. The number of esters is 1. The van der Waals surface area contributed by atoms with Gasteiger partial charge in [0.15, 0.2) is 5.70 Å². The molecule has 0 bridgehead atoms. The minimum absolute atomic E-state index is 0.0607. The molecule has 0 aliphatic carbocycles. The Bertz CT molecular complexity index is 831. The second kappa shape index (κ2) is 5.91. The predicted octanol–water partition coefficient (Wildman–Crippen LogP) is 4.48. The van der Waals surface area contributed by atoms with Crippen molar-refractivity contribution in [2.45, 2.75) is 0 Å². The number of carbonyl (C=O) groups is 1. The maximum Gasteiger partial charge on any atom is 0.363 e. The molecule has 0 spiro atoms. The molecule has 1 aliphatic rings. The summed E-state index contributed by atoms with van der Waals surface area (Å²) in [4.78, 5) is 15.9. The van der Waals surface area contributed by atoms with Crippen molar-refractivity contribution in [2.24, 2.45) is 4.99 Å². The Balaban J connectivity index is 1.98. The van der Waals surface area contributed by atoms with Gasteiger partial charge in [0.05, 0.1) is 15.6 Å². The summed E-state index contributed by atoms with van der Waals surface area (Å²) in [5, 5.41) is 0.772. The molecule has 0 unspecified atom stereocenters. The van der Waals surface area contributed by atoms with Crippen LogP contribution in [0.1, 0.15) is 11.1 Å². The quantitative estimate of drug-likeness (QED) is 0.599. The molecule has 0 atom stereocenters. The fourth-order valence-electron chi connectivity index (χ4n) is 1.92. The van der Waals surface area contributed by atoms with Crippen LogP contribution in [-0.2, 0) is 9.53 Å². The van der Waals surface area contributed by atoms with Crippen LogP contribution in [0.15, 0.2) is 53.2 Å². The van der Waals surface area contributed by atoms with Gasteiger partial charge in [0.1, 0.15) is 5.82 Å². The topological polar surface area (TPSA) is 38.7 Å². The molecule has 22 heavy (non-hydrogen) atoms. The van der Waals surface area contributed by atoms with Gasteiger partial charge in [0, 0.05) is 0 Å². The molecule has 110 valence electrons. The number of halogens is 3. The molecule has 0 saturated heterocycles. The number of hydrogen-bond donors (Lipinski definition) is 0. The van der Waals surface area contributed by atoms with Crippen LogP contribution in [0.5, 0.6) is 0 Å². The molecule has 1 aliphatic heterocycles. The monoisotopic (exact) mass is 335 g/mol. The summed E-state index contributed by atoms with van der Waals surface area (Å²) < 4.78 is 18.7. The predicted molar refractivity (Wildman–Crippen MR) is 83.5 cm³/mol. The maximum absolute atomic E-state index is 13.7. The van der Waals surface area contributed by atoms with E-state index in [1.807, 2.05) is 0 Å². The molecule has 2 aromatic rings. The van der Waals surface area contributed by atoms with Gasteiger partial charge in [-0.3, -0.25) is 0 Å². The van der Waals surface area contributed by atoms with Gasteiger partial charge in [-0.25, -0.2) is 14.2 Å². The van der Waals surface area contributed by atoms with Crippen LogP contribution in [0.25, 0.3) is 6.08 Å². The summed E-state index contributed by atoms with van der Waals surface area (Å²) in [6.45, 7) is 0. The third-order valence-electron chi connectivity index (χ3n) is 2.97. The first-order valence-corrected chi connectivity index (χ1v) is 7.03. The average molecular weight is 336 g/mol.